The molecule has 160 valence electrons. The number of halogens is 1. The number of carbonyl (C=O) groups is 2. The molecule has 31 heavy (non-hydrogen) atoms. The zero-order chi connectivity index (χ0) is 21.8. The van der Waals surface area contributed by atoms with E-state index in [-0.39, 0.29) is 23.4 Å². The first kappa shape index (κ1) is 21.3. The van der Waals surface area contributed by atoms with Crippen molar-refractivity contribution in [2.75, 3.05) is 13.1 Å². The van der Waals surface area contributed by atoms with Crippen LogP contribution in [0.2, 0.25) is 4.34 Å². The number of nitrogens with zero attached hydrogens (tertiary/aromatic N) is 2. The first-order valence-electron chi connectivity index (χ1n) is 10.1. The summed E-state index contributed by atoms with van der Waals surface area (Å²) < 4.78 is 2.25. The molecule has 1 N–H and O–H groups in total. The highest BCUT2D eigenvalue weighted by atomic mass is 35.5. The molecule has 4 rings (SSSR count). The molecule has 0 spiro atoms. The van der Waals surface area contributed by atoms with Gasteiger partial charge in [0.2, 0.25) is 5.91 Å². The first-order valence-corrected chi connectivity index (χ1v) is 11.3. The predicted molar refractivity (Wildman–Crippen MR) is 122 cm³/mol. The Bertz CT molecular complexity index is 1120. The minimum atomic E-state index is -0.787. The normalized spacial score (nSPS) is 15.5. The lowest BCUT2D eigenvalue weighted by Crippen LogP contribution is -2.46. The molecule has 1 unspecified atom stereocenters. The van der Waals surface area contributed by atoms with Gasteiger partial charge in [0.25, 0.3) is 11.5 Å². The number of likely N-dealkylation sites (tertiary alicyclic amines) is 1. The maximum Gasteiger partial charge on any atom is 0.262 e. The molecule has 1 saturated heterocycles. The smallest absolute Gasteiger partial charge is 0.262 e. The van der Waals surface area contributed by atoms with Crippen LogP contribution in [0.25, 0.3) is 0 Å². The third-order valence-electron chi connectivity index (χ3n) is 5.47. The maximum atomic E-state index is 13.4. The summed E-state index contributed by atoms with van der Waals surface area (Å²) in [5.74, 6) is -0.481. The van der Waals surface area contributed by atoms with Crippen LogP contribution >= 0.6 is 22.9 Å². The second kappa shape index (κ2) is 9.49. The van der Waals surface area contributed by atoms with Crippen LogP contribution < -0.4 is 10.9 Å². The van der Waals surface area contributed by atoms with Gasteiger partial charge in [0.05, 0.1) is 9.21 Å². The van der Waals surface area contributed by atoms with E-state index in [9.17, 15) is 14.4 Å². The van der Waals surface area contributed by atoms with Gasteiger partial charge in [0.15, 0.2) is 0 Å². The largest absolute Gasteiger partial charge is 0.340 e. The Kier molecular flexibility index (Phi) is 6.53. The van der Waals surface area contributed by atoms with E-state index in [2.05, 4.69) is 5.32 Å². The standard InChI is InChI=1S/C23H22ClN3O3S/c24-19-10-9-18(31-19)22(29)25-21(16-6-2-1-3-7-16)23(30)26-14-11-17(12-15-26)27-13-5-4-8-20(27)28/h1-10,13,17,21H,11-12,14-15H2,(H,25,29). The molecule has 1 fully saturated rings. The molecule has 6 nitrogen and oxygen atoms in total. The number of aromatic nitrogens is 1. The summed E-state index contributed by atoms with van der Waals surface area (Å²) in [5, 5.41) is 2.88. The van der Waals surface area contributed by atoms with Crippen LogP contribution in [0, 0.1) is 0 Å². The van der Waals surface area contributed by atoms with E-state index in [1.54, 1.807) is 39.9 Å². The molecule has 1 aliphatic heterocycles. The Labute approximate surface area is 189 Å². The average molecular weight is 456 g/mol. The van der Waals surface area contributed by atoms with Crippen molar-refractivity contribution in [2.24, 2.45) is 0 Å². The fourth-order valence-electron chi connectivity index (χ4n) is 3.86. The monoisotopic (exact) mass is 455 g/mol. The fourth-order valence-corrected chi connectivity index (χ4v) is 4.81. The summed E-state index contributed by atoms with van der Waals surface area (Å²) >= 11 is 7.13. The minimum absolute atomic E-state index is 0.0312. The van der Waals surface area contributed by atoms with Gasteiger partial charge in [-0.3, -0.25) is 14.4 Å². The highest BCUT2D eigenvalue weighted by Crippen LogP contribution is 2.26. The topological polar surface area (TPSA) is 71.4 Å². The minimum Gasteiger partial charge on any atom is -0.340 e. The lowest BCUT2D eigenvalue weighted by Gasteiger charge is -2.35. The molecule has 3 aromatic rings. The molecule has 2 amide bonds. The van der Waals surface area contributed by atoms with E-state index >= 15 is 0 Å². The van der Waals surface area contributed by atoms with E-state index in [1.807, 2.05) is 36.4 Å². The third kappa shape index (κ3) is 4.89. The number of benzene rings is 1. The average Bonchev–Trinajstić information content (AvgIpc) is 3.24. The van der Waals surface area contributed by atoms with Gasteiger partial charge < -0.3 is 14.8 Å². The van der Waals surface area contributed by atoms with Gasteiger partial charge in [0.1, 0.15) is 6.04 Å². The van der Waals surface area contributed by atoms with Crippen molar-refractivity contribution < 1.29 is 9.59 Å². The van der Waals surface area contributed by atoms with E-state index in [1.165, 1.54) is 11.3 Å². The second-order valence-corrected chi connectivity index (χ2v) is 9.14. The molecule has 0 saturated carbocycles. The van der Waals surface area contributed by atoms with Crippen molar-refractivity contribution in [3.63, 3.8) is 0 Å². The van der Waals surface area contributed by atoms with Crippen molar-refractivity contribution in [3.05, 3.63) is 92.0 Å². The van der Waals surface area contributed by atoms with E-state index in [0.29, 0.717) is 35.1 Å². The summed E-state index contributed by atoms with van der Waals surface area (Å²) in [6.07, 6.45) is 3.17. The molecular formula is C23H22ClN3O3S. The van der Waals surface area contributed by atoms with Crippen LogP contribution in [0.15, 0.2) is 71.7 Å². The molecule has 1 aliphatic rings. The van der Waals surface area contributed by atoms with Crippen LogP contribution in [0.3, 0.4) is 0 Å². The lowest BCUT2D eigenvalue weighted by molar-refractivity contribution is -0.134. The number of thiophene rings is 1. The summed E-state index contributed by atoms with van der Waals surface area (Å²) in [5.41, 5.74) is 0.696. The Balaban J connectivity index is 1.49. The third-order valence-corrected chi connectivity index (χ3v) is 6.70. The molecule has 2 aromatic heterocycles. The Hall–Kier alpha value is -2.90. The highest BCUT2D eigenvalue weighted by molar-refractivity contribution is 7.18. The molecule has 8 heteroatoms. The molecule has 3 heterocycles. The maximum absolute atomic E-state index is 13.4. The summed E-state index contributed by atoms with van der Waals surface area (Å²) in [6.45, 7) is 1.05. The van der Waals surface area contributed by atoms with Gasteiger partial charge in [-0.05, 0) is 36.6 Å². The Morgan fingerprint density at radius 1 is 1.00 bits per heavy atom. The summed E-state index contributed by atoms with van der Waals surface area (Å²) in [7, 11) is 0. The molecule has 0 bridgehead atoms. The first-order chi connectivity index (χ1) is 15.0. The second-order valence-electron chi connectivity index (χ2n) is 7.42. The van der Waals surface area contributed by atoms with Crippen LogP contribution in [0.4, 0.5) is 0 Å². The zero-order valence-corrected chi connectivity index (χ0v) is 18.3. The van der Waals surface area contributed by atoms with Gasteiger partial charge in [0, 0.05) is 31.4 Å². The van der Waals surface area contributed by atoms with Gasteiger partial charge >= 0.3 is 0 Å². The summed E-state index contributed by atoms with van der Waals surface area (Å²) in [6, 6.07) is 16.9. The van der Waals surface area contributed by atoms with Gasteiger partial charge in [-0.15, -0.1) is 11.3 Å². The number of rotatable bonds is 5. The molecular weight excluding hydrogens is 434 g/mol. The molecule has 0 radical (unpaired) electrons. The number of nitrogens with one attached hydrogen (secondary N) is 1. The van der Waals surface area contributed by atoms with Crippen molar-refractivity contribution >= 4 is 34.8 Å². The van der Waals surface area contributed by atoms with Crippen molar-refractivity contribution in [2.45, 2.75) is 24.9 Å². The van der Waals surface area contributed by atoms with Crippen LogP contribution in [-0.4, -0.2) is 34.4 Å². The number of piperidine rings is 1. The number of carbonyl (C=O) groups excluding carboxylic acids is 2. The van der Waals surface area contributed by atoms with Crippen molar-refractivity contribution in [1.82, 2.24) is 14.8 Å². The molecule has 1 aromatic carbocycles. The Morgan fingerprint density at radius 3 is 2.35 bits per heavy atom. The zero-order valence-electron chi connectivity index (χ0n) is 16.7. The van der Waals surface area contributed by atoms with Crippen molar-refractivity contribution in [1.29, 1.82) is 0 Å². The van der Waals surface area contributed by atoms with E-state index in [0.717, 1.165) is 5.56 Å². The quantitative estimate of drug-likeness (QED) is 0.634. The molecule has 1 atom stereocenters. The number of hydrogen-bond acceptors (Lipinski definition) is 4. The van der Waals surface area contributed by atoms with Gasteiger partial charge in [-0.25, -0.2) is 0 Å². The Morgan fingerprint density at radius 2 is 1.71 bits per heavy atom. The summed E-state index contributed by atoms with van der Waals surface area (Å²) in [4.78, 5) is 40.5. The fraction of sp³-hybridized carbons (Fsp3) is 0.261. The van der Waals surface area contributed by atoms with Gasteiger partial charge in [-0.2, -0.15) is 0 Å². The van der Waals surface area contributed by atoms with Crippen LogP contribution in [0.5, 0.6) is 0 Å². The SMILES string of the molecule is O=C(NC(C(=O)N1CCC(n2ccccc2=O)CC1)c1ccccc1)c1ccc(Cl)s1. The number of hydrogen-bond donors (Lipinski definition) is 1. The number of pyridine rings is 1. The number of amides is 2. The predicted octanol–water partition coefficient (Wildman–Crippen LogP) is 3.90. The van der Waals surface area contributed by atoms with E-state index < -0.39 is 6.04 Å². The van der Waals surface area contributed by atoms with Crippen molar-refractivity contribution in [3.8, 4) is 0 Å². The van der Waals surface area contributed by atoms with E-state index in [4.69, 9.17) is 11.6 Å². The lowest BCUT2D eigenvalue weighted by atomic mass is 10.0. The highest BCUT2D eigenvalue weighted by Gasteiger charge is 2.31. The van der Waals surface area contributed by atoms with Crippen LogP contribution in [0.1, 0.15) is 40.2 Å². The van der Waals surface area contributed by atoms with Crippen LogP contribution in [-0.2, 0) is 4.79 Å². The molecule has 0 aliphatic carbocycles. The van der Waals surface area contributed by atoms with Gasteiger partial charge in [-0.1, -0.05) is 48.0 Å².